The van der Waals surface area contributed by atoms with Crippen LogP contribution >= 0.6 is 0 Å². The van der Waals surface area contributed by atoms with E-state index >= 15 is 0 Å². The normalized spacial score (nSPS) is 12.7. The summed E-state index contributed by atoms with van der Waals surface area (Å²) in [5, 5.41) is 10.9. The van der Waals surface area contributed by atoms with Gasteiger partial charge in [0.05, 0.1) is 16.4 Å². The summed E-state index contributed by atoms with van der Waals surface area (Å²) in [6.07, 6.45) is 0. The van der Waals surface area contributed by atoms with Crippen molar-refractivity contribution in [3.05, 3.63) is 64.2 Å². The lowest BCUT2D eigenvalue weighted by Gasteiger charge is -2.24. The molecule has 0 N–H and O–H groups in total. The van der Waals surface area contributed by atoms with E-state index in [2.05, 4.69) is 0 Å². The Bertz CT molecular complexity index is 883. The topological polar surface area (TPSA) is 99.0 Å². The molecule has 1 atom stereocenters. The van der Waals surface area contributed by atoms with Crippen LogP contribution in [0.1, 0.15) is 18.5 Å². The second kappa shape index (κ2) is 8.94. The van der Waals surface area contributed by atoms with E-state index in [-0.39, 0.29) is 10.6 Å². The molecular weight excluding hydrogens is 372 g/mol. The quantitative estimate of drug-likeness (QED) is 0.368. The van der Waals surface area contributed by atoms with Crippen molar-refractivity contribution in [3.63, 3.8) is 0 Å². The van der Waals surface area contributed by atoms with Crippen molar-refractivity contribution in [2.24, 2.45) is 0 Å². The average Bonchev–Trinajstić information content (AvgIpc) is 2.67. The van der Waals surface area contributed by atoms with Crippen LogP contribution in [0.25, 0.3) is 0 Å². The Kier molecular flexibility index (Phi) is 6.89. The van der Waals surface area contributed by atoms with Gasteiger partial charge in [0.25, 0.3) is 5.69 Å². The summed E-state index contributed by atoms with van der Waals surface area (Å²) in [5.74, 6) is 0.542. The molecule has 0 aromatic heterocycles. The molecule has 0 saturated heterocycles. The van der Waals surface area contributed by atoms with E-state index < -0.39 is 21.0 Å². The molecule has 2 rings (SSSR count). The molecule has 0 spiro atoms. The molecule has 9 heteroatoms. The van der Waals surface area contributed by atoms with Crippen LogP contribution in [0.5, 0.6) is 5.75 Å². The van der Waals surface area contributed by atoms with Crippen molar-refractivity contribution in [2.45, 2.75) is 17.9 Å². The van der Waals surface area contributed by atoms with Crippen LogP contribution < -0.4 is 4.74 Å². The number of sulfonamides is 1. The molecule has 2 aromatic carbocycles. The summed E-state index contributed by atoms with van der Waals surface area (Å²) in [5.41, 5.74) is 0.456. The third-order valence-electron chi connectivity index (χ3n) is 4.17. The van der Waals surface area contributed by atoms with Crippen LogP contribution in [-0.4, -0.2) is 45.0 Å². The number of methoxy groups -OCH3 is 1. The first kappa shape index (κ1) is 20.8. The van der Waals surface area contributed by atoms with Crippen molar-refractivity contribution in [3.8, 4) is 5.75 Å². The van der Waals surface area contributed by atoms with Crippen molar-refractivity contribution < 1.29 is 22.8 Å². The number of hydrogen-bond acceptors (Lipinski definition) is 6. The van der Waals surface area contributed by atoms with Gasteiger partial charge < -0.3 is 9.47 Å². The molecule has 0 saturated carbocycles. The highest BCUT2D eigenvalue weighted by Gasteiger charge is 2.27. The Hall–Kier alpha value is -2.49. The molecule has 0 bridgehead atoms. The van der Waals surface area contributed by atoms with Gasteiger partial charge in [-0.15, -0.1) is 0 Å². The van der Waals surface area contributed by atoms with Gasteiger partial charge in [0.2, 0.25) is 10.0 Å². The lowest BCUT2D eigenvalue weighted by molar-refractivity contribution is -0.384. The fourth-order valence-electron chi connectivity index (χ4n) is 2.43. The molecule has 146 valence electrons. The minimum absolute atomic E-state index is 0.0808. The van der Waals surface area contributed by atoms with Crippen molar-refractivity contribution in [1.82, 2.24) is 4.31 Å². The summed E-state index contributed by atoms with van der Waals surface area (Å²) in [4.78, 5) is 10.5. The zero-order valence-electron chi connectivity index (χ0n) is 15.4. The van der Waals surface area contributed by atoms with Crippen molar-refractivity contribution >= 4 is 15.7 Å². The molecule has 0 radical (unpaired) electrons. The number of nitro benzene ring substituents is 1. The lowest BCUT2D eigenvalue weighted by Crippen LogP contribution is -2.29. The summed E-state index contributed by atoms with van der Waals surface area (Å²) in [6, 6.07) is 11.5. The Labute approximate surface area is 158 Å². The van der Waals surface area contributed by atoms with E-state index in [1.807, 2.05) is 0 Å². The number of non-ortho nitro benzene ring substituents is 1. The van der Waals surface area contributed by atoms with Gasteiger partial charge in [-0.05, 0) is 36.8 Å². The minimum atomic E-state index is -3.78. The van der Waals surface area contributed by atoms with Gasteiger partial charge in [-0.2, -0.15) is 4.31 Å². The summed E-state index contributed by atoms with van der Waals surface area (Å²) in [6.45, 7) is 2.48. The maximum atomic E-state index is 12.9. The van der Waals surface area contributed by atoms with E-state index in [1.54, 1.807) is 32.2 Å². The molecule has 0 heterocycles. The van der Waals surface area contributed by atoms with E-state index in [9.17, 15) is 18.5 Å². The molecule has 1 unspecified atom stereocenters. The number of nitrogens with zero attached hydrogens (tertiary/aromatic N) is 2. The predicted molar refractivity (Wildman–Crippen MR) is 100 cm³/mol. The highest BCUT2D eigenvalue weighted by molar-refractivity contribution is 7.89. The van der Waals surface area contributed by atoms with Gasteiger partial charge in [-0.3, -0.25) is 10.1 Å². The highest BCUT2D eigenvalue weighted by Crippen LogP contribution is 2.28. The number of nitro groups is 1. The van der Waals surface area contributed by atoms with Gasteiger partial charge in [0, 0.05) is 32.3 Å². The van der Waals surface area contributed by atoms with Gasteiger partial charge in [-0.25, -0.2) is 8.42 Å². The number of ether oxygens (including phenoxy) is 2. The number of benzene rings is 2. The van der Waals surface area contributed by atoms with Gasteiger partial charge >= 0.3 is 0 Å². The van der Waals surface area contributed by atoms with Gasteiger partial charge in [-0.1, -0.05) is 12.1 Å². The molecule has 0 aliphatic rings. The molecule has 0 amide bonds. The molecule has 0 aliphatic heterocycles. The molecular formula is C18H22N2O6S. The summed E-state index contributed by atoms with van der Waals surface area (Å²) >= 11 is 0. The van der Waals surface area contributed by atoms with Crippen molar-refractivity contribution in [1.29, 1.82) is 0 Å². The maximum Gasteiger partial charge on any atom is 0.269 e. The first-order valence-electron chi connectivity index (χ1n) is 8.21. The van der Waals surface area contributed by atoms with Crippen LogP contribution in [0.2, 0.25) is 0 Å². The van der Waals surface area contributed by atoms with Crippen molar-refractivity contribution in [2.75, 3.05) is 27.4 Å². The monoisotopic (exact) mass is 394 g/mol. The predicted octanol–water partition coefficient (Wildman–Crippen LogP) is 3.00. The Morgan fingerprint density at radius 3 is 2.41 bits per heavy atom. The van der Waals surface area contributed by atoms with Crippen LogP contribution in [0, 0.1) is 10.1 Å². The summed E-state index contributed by atoms with van der Waals surface area (Å²) < 4.78 is 37.2. The van der Waals surface area contributed by atoms with Crippen LogP contribution in [0.15, 0.2) is 53.4 Å². The molecule has 0 aliphatic carbocycles. The number of hydrogen-bond donors (Lipinski definition) is 0. The van der Waals surface area contributed by atoms with Crippen LogP contribution in [0.4, 0.5) is 5.69 Å². The van der Waals surface area contributed by atoms with Gasteiger partial charge in [0.1, 0.15) is 12.4 Å². The maximum absolute atomic E-state index is 12.9. The number of rotatable bonds is 9. The van der Waals surface area contributed by atoms with Crippen LogP contribution in [0.3, 0.4) is 0 Å². The molecule has 27 heavy (non-hydrogen) atoms. The fourth-order valence-corrected chi connectivity index (χ4v) is 3.78. The van der Waals surface area contributed by atoms with E-state index in [1.165, 1.54) is 41.7 Å². The molecule has 8 nitrogen and oxygen atoms in total. The van der Waals surface area contributed by atoms with E-state index in [4.69, 9.17) is 9.47 Å². The third kappa shape index (κ3) is 5.03. The first-order chi connectivity index (χ1) is 12.8. The largest absolute Gasteiger partial charge is 0.491 e. The minimum Gasteiger partial charge on any atom is -0.491 e. The third-order valence-corrected chi connectivity index (χ3v) is 6.11. The van der Waals surface area contributed by atoms with E-state index in [0.29, 0.717) is 24.5 Å². The second-order valence-corrected chi connectivity index (χ2v) is 7.86. The standard InChI is InChI=1S/C18H22N2O6S/c1-14(15-5-4-6-16(13-15)20(21)22)19(2)27(23,24)18-9-7-17(8-10-18)26-12-11-25-3/h4-10,13-14H,11-12H2,1-3H3. The Morgan fingerprint density at radius 2 is 1.81 bits per heavy atom. The molecule has 2 aromatic rings. The SMILES string of the molecule is COCCOc1ccc(S(=O)(=O)N(C)C(C)c2cccc([N+](=O)[O-])c2)cc1. The average molecular weight is 394 g/mol. The fraction of sp³-hybridized carbons (Fsp3) is 0.333. The lowest BCUT2D eigenvalue weighted by atomic mass is 10.1. The first-order valence-corrected chi connectivity index (χ1v) is 9.65. The second-order valence-electron chi connectivity index (χ2n) is 5.86. The Balaban J connectivity index is 2.19. The Morgan fingerprint density at radius 1 is 1.15 bits per heavy atom. The molecule has 0 fully saturated rings. The smallest absolute Gasteiger partial charge is 0.269 e. The summed E-state index contributed by atoms with van der Waals surface area (Å²) in [7, 11) is -0.765. The highest BCUT2D eigenvalue weighted by atomic mass is 32.2. The van der Waals surface area contributed by atoms with Crippen LogP contribution in [-0.2, 0) is 14.8 Å². The van der Waals surface area contributed by atoms with E-state index in [0.717, 1.165) is 0 Å². The zero-order chi connectivity index (χ0) is 20.0. The van der Waals surface area contributed by atoms with Gasteiger partial charge in [0.15, 0.2) is 0 Å². The zero-order valence-corrected chi connectivity index (χ0v) is 16.2.